The number of rotatable bonds is 7. The van der Waals surface area contributed by atoms with Crippen LogP contribution >= 0.6 is 0 Å². The minimum Gasteiger partial charge on any atom is -0.456 e. The van der Waals surface area contributed by atoms with Crippen molar-refractivity contribution in [1.82, 2.24) is 0 Å². The lowest BCUT2D eigenvalue weighted by molar-refractivity contribution is 0.668. The van der Waals surface area contributed by atoms with E-state index in [1.54, 1.807) is 0 Å². The molecule has 0 aliphatic heterocycles. The van der Waals surface area contributed by atoms with Crippen LogP contribution in [0.25, 0.3) is 99.2 Å². The highest BCUT2D eigenvalue weighted by atomic mass is 16.3. The Morgan fingerprint density at radius 1 is 0.246 bits per heavy atom. The van der Waals surface area contributed by atoms with Crippen molar-refractivity contribution in [3.8, 4) is 44.5 Å². The summed E-state index contributed by atoms with van der Waals surface area (Å²) in [5, 5.41) is 6.71. The molecule has 2 aromatic heterocycles. The standard InChI is InChI=1S/C58H37NO2/c1-3-12-38(13-4-1)40-22-27-45(28-23-40)59(46-29-24-41(25-30-46)43-17-11-16-42(34-43)39-14-5-2-6-15-39)47-31-33-48-52(37-57-58(53(48)36-47)51-19-8-10-21-55(51)61-57)44-26-32-50-49-18-7-9-20-54(49)60-56(50)35-44/h1-37H. The fourth-order valence-corrected chi connectivity index (χ4v) is 9.09. The fourth-order valence-electron chi connectivity index (χ4n) is 9.09. The van der Waals surface area contributed by atoms with Gasteiger partial charge < -0.3 is 13.7 Å². The van der Waals surface area contributed by atoms with E-state index in [9.17, 15) is 0 Å². The predicted molar refractivity (Wildman–Crippen MR) is 255 cm³/mol. The summed E-state index contributed by atoms with van der Waals surface area (Å²) in [6.07, 6.45) is 0. The molecule has 0 saturated carbocycles. The third-order valence-corrected chi connectivity index (χ3v) is 12.1. The molecule has 0 amide bonds. The van der Waals surface area contributed by atoms with E-state index in [1.165, 1.54) is 27.8 Å². The Labute approximate surface area is 353 Å². The molecule has 0 radical (unpaired) electrons. The van der Waals surface area contributed by atoms with Gasteiger partial charge in [-0.25, -0.2) is 0 Å². The van der Waals surface area contributed by atoms with Crippen LogP contribution in [0.3, 0.4) is 0 Å². The molecule has 0 saturated heterocycles. The highest BCUT2D eigenvalue weighted by Gasteiger charge is 2.20. The number of fused-ring (bicyclic) bond motifs is 8. The van der Waals surface area contributed by atoms with E-state index in [0.29, 0.717) is 0 Å². The Balaban J connectivity index is 1.03. The molecule has 286 valence electrons. The molecule has 61 heavy (non-hydrogen) atoms. The number of para-hydroxylation sites is 2. The Bertz CT molecular complexity index is 3560. The van der Waals surface area contributed by atoms with Crippen molar-refractivity contribution in [2.45, 2.75) is 0 Å². The van der Waals surface area contributed by atoms with E-state index in [0.717, 1.165) is 88.4 Å². The van der Waals surface area contributed by atoms with Gasteiger partial charge in [0.15, 0.2) is 0 Å². The first-order valence-corrected chi connectivity index (χ1v) is 20.7. The van der Waals surface area contributed by atoms with E-state index in [1.807, 2.05) is 18.2 Å². The zero-order chi connectivity index (χ0) is 40.3. The lowest BCUT2D eigenvalue weighted by Crippen LogP contribution is -2.10. The van der Waals surface area contributed by atoms with Crippen molar-refractivity contribution in [3.05, 3.63) is 224 Å². The average Bonchev–Trinajstić information content (AvgIpc) is 3.91. The van der Waals surface area contributed by atoms with Crippen molar-refractivity contribution in [2.75, 3.05) is 4.90 Å². The smallest absolute Gasteiger partial charge is 0.136 e. The Kier molecular flexibility index (Phi) is 8.17. The third-order valence-electron chi connectivity index (χ3n) is 12.1. The first-order chi connectivity index (χ1) is 30.2. The van der Waals surface area contributed by atoms with Gasteiger partial charge in [0.05, 0.1) is 0 Å². The van der Waals surface area contributed by atoms with Gasteiger partial charge in [0, 0.05) is 38.6 Å². The normalized spacial score (nSPS) is 11.6. The molecular weight excluding hydrogens is 743 g/mol. The van der Waals surface area contributed by atoms with E-state index < -0.39 is 0 Å². The highest BCUT2D eigenvalue weighted by molar-refractivity contribution is 6.23. The summed E-state index contributed by atoms with van der Waals surface area (Å²) < 4.78 is 13.0. The van der Waals surface area contributed by atoms with Gasteiger partial charge in [0.25, 0.3) is 0 Å². The molecule has 12 rings (SSSR count). The number of anilines is 3. The Morgan fingerprint density at radius 3 is 1.41 bits per heavy atom. The number of nitrogens with zero attached hydrogens (tertiary/aromatic N) is 1. The lowest BCUT2D eigenvalue weighted by Gasteiger charge is -2.26. The van der Waals surface area contributed by atoms with Crippen LogP contribution in [-0.2, 0) is 0 Å². The third kappa shape index (κ3) is 6.06. The van der Waals surface area contributed by atoms with Gasteiger partial charge in [0.2, 0.25) is 0 Å². The molecule has 3 nitrogen and oxygen atoms in total. The zero-order valence-corrected chi connectivity index (χ0v) is 33.1. The molecule has 0 atom stereocenters. The van der Waals surface area contributed by atoms with Gasteiger partial charge in [-0.15, -0.1) is 0 Å². The van der Waals surface area contributed by atoms with Crippen LogP contribution in [0.5, 0.6) is 0 Å². The number of benzene rings is 10. The van der Waals surface area contributed by atoms with Gasteiger partial charge in [-0.1, -0.05) is 152 Å². The largest absolute Gasteiger partial charge is 0.456 e. The van der Waals surface area contributed by atoms with Gasteiger partial charge >= 0.3 is 0 Å². The second-order valence-corrected chi connectivity index (χ2v) is 15.7. The maximum atomic E-state index is 6.64. The number of hydrogen-bond acceptors (Lipinski definition) is 3. The summed E-state index contributed by atoms with van der Waals surface area (Å²) in [6.45, 7) is 0. The molecule has 0 bridgehead atoms. The minimum atomic E-state index is 0.853. The van der Waals surface area contributed by atoms with E-state index in [2.05, 4.69) is 211 Å². The van der Waals surface area contributed by atoms with Gasteiger partial charge in [-0.2, -0.15) is 0 Å². The maximum absolute atomic E-state index is 6.64. The topological polar surface area (TPSA) is 29.5 Å². The molecule has 2 heterocycles. The van der Waals surface area contributed by atoms with Crippen LogP contribution in [0, 0.1) is 0 Å². The summed E-state index contributed by atoms with van der Waals surface area (Å²) in [5.74, 6) is 0. The van der Waals surface area contributed by atoms with E-state index in [4.69, 9.17) is 8.83 Å². The minimum absolute atomic E-state index is 0.853. The fraction of sp³-hybridized carbons (Fsp3) is 0. The summed E-state index contributed by atoms with van der Waals surface area (Å²) in [7, 11) is 0. The van der Waals surface area contributed by atoms with Crippen molar-refractivity contribution in [1.29, 1.82) is 0 Å². The molecule has 10 aromatic carbocycles. The maximum Gasteiger partial charge on any atom is 0.136 e. The predicted octanol–water partition coefficient (Wildman–Crippen LogP) is 16.8. The quantitative estimate of drug-likeness (QED) is 0.161. The van der Waals surface area contributed by atoms with Crippen LogP contribution in [0.4, 0.5) is 17.1 Å². The van der Waals surface area contributed by atoms with Crippen LogP contribution in [-0.4, -0.2) is 0 Å². The van der Waals surface area contributed by atoms with Crippen LogP contribution < -0.4 is 4.90 Å². The molecule has 3 heteroatoms. The van der Waals surface area contributed by atoms with Crippen LogP contribution in [0.2, 0.25) is 0 Å². The summed E-state index contributed by atoms with van der Waals surface area (Å²) in [6, 6.07) is 80.0. The molecule has 0 N–H and O–H groups in total. The summed E-state index contributed by atoms with van der Waals surface area (Å²) in [4.78, 5) is 2.36. The van der Waals surface area contributed by atoms with Gasteiger partial charge in [-0.3, -0.25) is 0 Å². The second kappa shape index (κ2) is 14.3. The molecule has 0 aliphatic rings. The van der Waals surface area contributed by atoms with Gasteiger partial charge in [-0.05, 0) is 128 Å². The van der Waals surface area contributed by atoms with Gasteiger partial charge in [0.1, 0.15) is 22.3 Å². The molecule has 0 unspecified atom stereocenters. The van der Waals surface area contributed by atoms with E-state index >= 15 is 0 Å². The summed E-state index contributed by atoms with van der Waals surface area (Å²) >= 11 is 0. The van der Waals surface area contributed by atoms with E-state index in [-0.39, 0.29) is 0 Å². The Morgan fingerprint density at radius 2 is 0.721 bits per heavy atom. The SMILES string of the molecule is c1ccc(-c2ccc(N(c3ccc(-c4cccc(-c5ccccc5)c4)cc3)c3ccc4c(-c5ccc6c(c5)oc5ccccc56)cc5oc6ccccc6c5c4c3)cc2)cc1. The summed E-state index contributed by atoms with van der Waals surface area (Å²) in [5.41, 5.74) is 16.0. The zero-order valence-electron chi connectivity index (χ0n) is 33.1. The first kappa shape index (κ1) is 34.9. The monoisotopic (exact) mass is 779 g/mol. The molecular formula is C58H37NO2. The number of hydrogen-bond donors (Lipinski definition) is 0. The van der Waals surface area contributed by atoms with Crippen molar-refractivity contribution >= 4 is 71.7 Å². The highest BCUT2D eigenvalue weighted by Crippen LogP contribution is 2.45. The second-order valence-electron chi connectivity index (χ2n) is 15.7. The van der Waals surface area contributed by atoms with Crippen LogP contribution in [0.15, 0.2) is 233 Å². The Hall–Kier alpha value is -8.14. The average molecular weight is 780 g/mol. The van der Waals surface area contributed by atoms with Crippen molar-refractivity contribution in [3.63, 3.8) is 0 Å². The van der Waals surface area contributed by atoms with Crippen molar-refractivity contribution in [2.24, 2.45) is 0 Å². The molecule has 0 fully saturated rings. The molecule has 0 aliphatic carbocycles. The lowest BCUT2D eigenvalue weighted by atomic mass is 9.93. The van der Waals surface area contributed by atoms with Crippen molar-refractivity contribution < 1.29 is 8.83 Å². The van der Waals surface area contributed by atoms with Crippen LogP contribution in [0.1, 0.15) is 0 Å². The molecule has 12 aromatic rings. The number of furan rings is 2. The first-order valence-electron chi connectivity index (χ1n) is 20.7. The molecule has 0 spiro atoms.